The van der Waals surface area contributed by atoms with Gasteiger partial charge in [0, 0.05) is 17.8 Å². The van der Waals surface area contributed by atoms with Gasteiger partial charge >= 0.3 is 7.60 Å². The van der Waals surface area contributed by atoms with E-state index in [4.69, 9.17) is 14.0 Å². The molecular weight excluding hydrogens is 533 g/mol. The highest BCUT2D eigenvalue weighted by Crippen LogP contribution is 2.45. The molecular formula is C33H32N3O4P. The first-order chi connectivity index (χ1) is 19.9. The van der Waals surface area contributed by atoms with E-state index in [0.717, 1.165) is 41.6 Å². The number of aromatic amines is 1. The second-order valence-electron chi connectivity index (χ2n) is 10.4. The third-order valence-electron chi connectivity index (χ3n) is 7.36. The van der Waals surface area contributed by atoms with E-state index in [0.29, 0.717) is 28.2 Å². The van der Waals surface area contributed by atoms with Crippen LogP contribution in [0.25, 0.3) is 33.6 Å². The van der Waals surface area contributed by atoms with Crippen molar-refractivity contribution in [2.45, 2.75) is 39.2 Å². The molecule has 0 fully saturated rings. The molecule has 0 saturated carbocycles. The number of aryl methyl sites for hydroxylation is 1. The lowest BCUT2D eigenvalue weighted by atomic mass is 9.92. The Kier molecular flexibility index (Phi) is 7.48. The third-order valence-corrected chi connectivity index (χ3v) is 8.50. The van der Waals surface area contributed by atoms with Gasteiger partial charge in [0.25, 0.3) is 5.56 Å². The lowest BCUT2D eigenvalue weighted by molar-refractivity contribution is 0.260. The van der Waals surface area contributed by atoms with Crippen LogP contribution in [0.2, 0.25) is 0 Å². The zero-order valence-corrected chi connectivity index (χ0v) is 24.1. The summed E-state index contributed by atoms with van der Waals surface area (Å²) in [4.78, 5) is 18.9. The van der Waals surface area contributed by atoms with Crippen LogP contribution in [0, 0.1) is 6.92 Å². The molecule has 8 heteroatoms. The number of nitrogens with one attached hydrogen (secondary N) is 1. The Morgan fingerprint density at radius 3 is 2.29 bits per heavy atom. The molecule has 1 unspecified atom stereocenters. The summed E-state index contributed by atoms with van der Waals surface area (Å²) in [5.74, 6) is 0.400. The van der Waals surface area contributed by atoms with Crippen molar-refractivity contribution < 1.29 is 13.6 Å². The Hall–Kier alpha value is -4.19. The van der Waals surface area contributed by atoms with Crippen molar-refractivity contribution in [2.75, 3.05) is 6.66 Å². The summed E-state index contributed by atoms with van der Waals surface area (Å²) in [5, 5.41) is 3.38. The van der Waals surface area contributed by atoms with Gasteiger partial charge in [0.2, 0.25) is 0 Å². The predicted octanol–water partition coefficient (Wildman–Crippen LogP) is 8.04. The third kappa shape index (κ3) is 5.69. The fourth-order valence-electron chi connectivity index (χ4n) is 5.36. The van der Waals surface area contributed by atoms with Gasteiger partial charge in [-0.25, -0.2) is 9.55 Å². The Balaban J connectivity index is 1.33. The molecule has 41 heavy (non-hydrogen) atoms. The zero-order chi connectivity index (χ0) is 28.4. The van der Waals surface area contributed by atoms with Gasteiger partial charge in [0.1, 0.15) is 5.75 Å². The highest BCUT2D eigenvalue weighted by molar-refractivity contribution is 7.53. The van der Waals surface area contributed by atoms with E-state index in [2.05, 4.69) is 11.2 Å². The number of nitrogens with zero attached hydrogens (tertiary/aromatic N) is 2. The highest BCUT2D eigenvalue weighted by atomic mass is 31.2. The van der Waals surface area contributed by atoms with Gasteiger partial charge in [-0.15, -0.1) is 0 Å². The first-order valence-corrected chi connectivity index (χ1v) is 15.8. The van der Waals surface area contributed by atoms with Crippen LogP contribution in [0.15, 0.2) is 95.8 Å². The maximum Gasteiger partial charge on any atom is 0.376 e. The van der Waals surface area contributed by atoms with Crippen LogP contribution in [0.4, 0.5) is 0 Å². The average molecular weight is 566 g/mol. The Morgan fingerprint density at radius 1 is 0.902 bits per heavy atom. The van der Waals surface area contributed by atoms with Crippen LogP contribution in [0.3, 0.4) is 0 Å². The van der Waals surface area contributed by atoms with E-state index in [1.165, 1.54) is 18.7 Å². The van der Waals surface area contributed by atoms with Crippen molar-refractivity contribution in [2.24, 2.45) is 0 Å². The average Bonchev–Trinajstić information content (AvgIpc) is 3.38. The number of benzene rings is 3. The summed E-state index contributed by atoms with van der Waals surface area (Å²) in [7, 11) is -3.35. The van der Waals surface area contributed by atoms with Crippen LogP contribution in [0.5, 0.6) is 5.75 Å². The van der Waals surface area contributed by atoms with Crippen molar-refractivity contribution in [3.8, 4) is 28.1 Å². The molecule has 0 spiro atoms. The molecule has 1 atom stereocenters. The lowest BCUT2D eigenvalue weighted by Crippen LogP contribution is -2.19. The zero-order valence-electron chi connectivity index (χ0n) is 23.2. The van der Waals surface area contributed by atoms with Gasteiger partial charge in [0.15, 0.2) is 5.65 Å². The molecule has 3 aromatic carbocycles. The molecule has 2 heterocycles. The SMILES string of the molecule is Cc1nc2c(C3=CCCCC3)c(-c3ccccc3)[nH]n2c(=O)c1-c1ccc(OP(C)(=O)OCc2ccccc2)cc1. The molecule has 5 aromatic rings. The summed E-state index contributed by atoms with van der Waals surface area (Å²) in [6, 6.07) is 26.6. The minimum absolute atomic E-state index is 0.173. The number of fused-ring (bicyclic) bond motifs is 1. The monoisotopic (exact) mass is 565 g/mol. The molecule has 1 aliphatic carbocycles. The molecule has 1 aliphatic rings. The normalized spacial score (nSPS) is 14.9. The van der Waals surface area contributed by atoms with Crippen LogP contribution >= 0.6 is 7.60 Å². The van der Waals surface area contributed by atoms with Gasteiger partial charge in [-0.2, -0.15) is 4.52 Å². The fraction of sp³-hybridized carbons (Fsp3) is 0.212. The van der Waals surface area contributed by atoms with Gasteiger partial charge in [-0.3, -0.25) is 14.4 Å². The number of hydrogen-bond acceptors (Lipinski definition) is 5. The first kappa shape index (κ1) is 27.0. The standard InChI is InChI=1S/C33H32N3O4P/c1-23-29(26-18-20-28(21-19-26)40-41(2,38)39-22-24-12-6-3-7-13-24)33(37)36-32(34-23)30(25-14-8-4-9-15-25)31(35-36)27-16-10-5-11-17-27/h3,5-7,10-14,16-21,35H,4,8-9,15,22H2,1-2H3. The second-order valence-corrected chi connectivity index (χ2v) is 12.4. The maximum atomic E-state index is 13.9. The number of H-pyrrole nitrogens is 1. The predicted molar refractivity (Wildman–Crippen MR) is 163 cm³/mol. The molecule has 6 rings (SSSR count). The van der Waals surface area contributed by atoms with E-state index in [-0.39, 0.29) is 12.2 Å². The number of allylic oxidation sites excluding steroid dienone is 2. The smallest absolute Gasteiger partial charge is 0.376 e. The molecule has 7 nitrogen and oxygen atoms in total. The molecule has 0 amide bonds. The van der Waals surface area contributed by atoms with E-state index in [1.54, 1.807) is 28.8 Å². The number of hydrogen-bond donors (Lipinski definition) is 1. The Morgan fingerprint density at radius 2 is 1.61 bits per heavy atom. The van der Waals surface area contributed by atoms with E-state index >= 15 is 0 Å². The second kappa shape index (κ2) is 11.4. The maximum absolute atomic E-state index is 13.9. The van der Waals surface area contributed by atoms with E-state index in [9.17, 15) is 9.36 Å². The van der Waals surface area contributed by atoms with Crippen LogP contribution < -0.4 is 10.1 Å². The number of aromatic nitrogens is 3. The van der Waals surface area contributed by atoms with Crippen molar-refractivity contribution in [3.63, 3.8) is 0 Å². The minimum Gasteiger partial charge on any atom is -0.425 e. The van der Waals surface area contributed by atoms with E-state index < -0.39 is 7.60 Å². The molecule has 208 valence electrons. The number of rotatable bonds is 8. The summed E-state index contributed by atoms with van der Waals surface area (Å²) in [6.45, 7) is 3.51. The summed E-state index contributed by atoms with van der Waals surface area (Å²) in [5.41, 5.74) is 7.37. The molecule has 0 aliphatic heterocycles. The van der Waals surface area contributed by atoms with E-state index in [1.807, 2.05) is 67.6 Å². The topological polar surface area (TPSA) is 85.7 Å². The highest BCUT2D eigenvalue weighted by Gasteiger charge is 2.24. The van der Waals surface area contributed by atoms with Crippen LogP contribution in [0.1, 0.15) is 42.5 Å². The van der Waals surface area contributed by atoms with Gasteiger partial charge in [-0.1, -0.05) is 78.9 Å². The summed E-state index contributed by atoms with van der Waals surface area (Å²) >= 11 is 0. The largest absolute Gasteiger partial charge is 0.425 e. The summed E-state index contributed by atoms with van der Waals surface area (Å²) in [6.07, 6.45) is 6.56. The molecule has 2 aromatic heterocycles. The summed E-state index contributed by atoms with van der Waals surface area (Å²) < 4.78 is 25.8. The molecule has 0 bridgehead atoms. The Labute approximate surface area is 239 Å². The first-order valence-electron chi connectivity index (χ1n) is 13.9. The van der Waals surface area contributed by atoms with Gasteiger partial charge in [0.05, 0.1) is 23.6 Å². The van der Waals surface area contributed by atoms with Gasteiger partial charge in [-0.05, 0) is 61.4 Å². The van der Waals surface area contributed by atoms with Crippen LogP contribution in [-0.4, -0.2) is 21.3 Å². The lowest BCUT2D eigenvalue weighted by Gasteiger charge is -2.16. The van der Waals surface area contributed by atoms with Gasteiger partial charge < -0.3 is 4.52 Å². The fourth-order valence-corrected chi connectivity index (χ4v) is 6.30. The van der Waals surface area contributed by atoms with Crippen molar-refractivity contribution in [1.29, 1.82) is 0 Å². The van der Waals surface area contributed by atoms with Crippen molar-refractivity contribution in [1.82, 2.24) is 14.6 Å². The Bertz CT molecular complexity index is 1820. The minimum atomic E-state index is -3.35. The molecule has 0 radical (unpaired) electrons. The van der Waals surface area contributed by atoms with Crippen molar-refractivity contribution >= 4 is 18.8 Å². The quantitative estimate of drug-likeness (QED) is 0.193. The van der Waals surface area contributed by atoms with Crippen LogP contribution in [-0.2, 0) is 15.7 Å². The molecule has 0 saturated heterocycles. The molecule has 1 N–H and O–H groups in total. The van der Waals surface area contributed by atoms with Crippen molar-refractivity contribution in [3.05, 3.63) is 118 Å².